The first-order valence-corrected chi connectivity index (χ1v) is 6.42. The van der Waals surface area contributed by atoms with E-state index in [9.17, 15) is 4.79 Å². The van der Waals surface area contributed by atoms with E-state index < -0.39 is 0 Å². The van der Waals surface area contributed by atoms with Gasteiger partial charge in [-0.3, -0.25) is 4.79 Å². The molecule has 0 saturated heterocycles. The van der Waals surface area contributed by atoms with Crippen molar-refractivity contribution in [2.45, 2.75) is 0 Å². The van der Waals surface area contributed by atoms with E-state index in [-0.39, 0.29) is 5.91 Å². The van der Waals surface area contributed by atoms with Crippen LogP contribution in [-0.4, -0.2) is 10.9 Å². The van der Waals surface area contributed by atoms with Crippen LogP contribution < -0.4 is 5.32 Å². The lowest BCUT2D eigenvalue weighted by molar-refractivity contribution is 0.102. The zero-order chi connectivity index (χ0) is 12.3. The number of halogens is 2. The summed E-state index contributed by atoms with van der Waals surface area (Å²) in [7, 11) is 0. The molecule has 0 aliphatic rings. The molecule has 1 aromatic heterocycles. The first-order valence-electron chi connectivity index (χ1n) is 4.83. The van der Waals surface area contributed by atoms with E-state index in [0.29, 0.717) is 11.4 Å². The standard InChI is InChI=1S/C12H8Br2N2O/c13-9-5-8(6-10(14)7-9)12(17)16-11-3-1-2-4-15-11/h1-7H,(H,15,16,17). The van der Waals surface area contributed by atoms with Crippen molar-refractivity contribution in [3.63, 3.8) is 0 Å². The van der Waals surface area contributed by atoms with Crippen LogP contribution in [0.5, 0.6) is 0 Å². The summed E-state index contributed by atoms with van der Waals surface area (Å²) in [5.74, 6) is 0.347. The fourth-order valence-corrected chi connectivity index (χ4v) is 2.60. The van der Waals surface area contributed by atoms with E-state index >= 15 is 0 Å². The van der Waals surface area contributed by atoms with Gasteiger partial charge in [0.1, 0.15) is 5.82 Å². The molecule has 0 aliphatic heterocycles. The summed E-state index contributed by atoms with van der Waals surface area (Å²) in [5.41, 5.74) is 0.567. The number of rotatable bonds is 2. The van der Waals surface area contributed by atoms with Gasteiger partial charge in [0.05, 0.1) is 0 Å². The molecule has 0 fully saturated rings. The van der Waals surface area contributed by atoms with E-state index in [2.05, 4.69) is 42.2 Å². The Hall–Kier alpha value is -1.20. The molecule has 1 heterocycles. The van der Waals surface area contributed by atoms with Gasteiger partial charge in [-0.25, -0.2) is 4.98 Å². The van der Waals surface area contributed by atoms with Crippen molar-refractivity contribution < 1.29 is 4.79 Å². The minimum atomic E-state index is -0.189. The predicted octanol–water partition coefficient (Wildman–Crippen LogP) is 3.86. The SMILES string of the molecule is O=C(Nc1ccccn1)c1cc(Br)cc(Br)c1. The topological polar surface area (TPSA) is 42.0 Å². The fourth-order valence-electron chi connectivity index (χ4n) is 1.31. The van der Waals surface area contributed by atoms with E-state index in [1.54, 1.807) is 30.5 Å². The third-order valence-corrected chi connectivity index (χ3v) is 2.95. The highest BCUT2D eigenvalue weighted by atomic mass is 79.9. The van der Waals surface area contributed by atoms with Crippen molar-refractivity contribution in [2.75, 3.05) is 5.32 Å². The largest absolute Gasteiger partial charge is 0.307 e. The zero-order valence-electron chi connectivity index (χ0n) is 8.65. The molecule has 0 saturated carbocycles. The number of anilines is 1. The summed E-state index contributed by atoms with van der Waals surface area (Å²) in [6.07, 6.45) is 1.63. The highest BCUT2D eigenvalue weighted by molar-refractivity contribution is 9.11. The third kappa shape index (κ3) is 3.38. The molecule has 0 atom stereocenters. The minimum absolute atomic E-state index is 0.189. The Morgan fingerprint density at radius 2 is 1.82 bits per heavy atom. The number of carbonyl (C=O) groups excluding carboxylic acids is 1. The Labute approximate surface area is 116 Å². The van der Waals surface area contributed by atoms with E-state index in [1.807, 2.05) is 12.1 Å². The number of benzene rings is 1. The maximum atomic E-state index is 11.9. The summed E-state index contributed by atoms with van der Waals surface area (Å²) in [5, 5.41) is 2.72. The molecule has 0 radical (unpaired) electrons. The number of carbonyl (C=O) groups is 1. The molecule has 17 heavy (non-hydrogen) atoms. The maximum absolute atomic E-state index is 11.9. The second-order valence-corrected chi connectivity index (χ2v) is 5.16. The molecular weight excluding hydrogens is 348 g/mol. The number of pyridine rings is 1. The van der Waals surface area contributed by atoms with Crippen molar-refractivity contribution in [1.82, 2.24) is 4.98 Å². The molecule has 0 spiro atoms. The van der Waals surface area contributed by atoms with Gasteiger partial charge in [-0.2, -0.15) is 0 Å². The summed E-state index contributed by atoms with van der Waals surface area (Å²) in [4.78, 5) is 16.0. The van der Waals surface area contributed by atoms with Gasteiger partial charge in [0.15, 0.2) is 0 Å². The number of hydrogen-bond donors (Lipinski definition) is 1. The molecule has 3 nitrogen and oxygen atoms in total. The summed E-state index contributed by atoms with van der Waals surface area (Å²) in [6, 6.07) is 10.7. The van der Waals surface area contributed by atoms with Crippen LogP contribution in [0.15, 0.2) is 51.5 Å². The maximum Gasteiger partial charge on any atom is 0.256 e. The van der Waals surface area contributed by atoms with Gasteiger partial charge in [-0.15, -0.1) is 0 Å². The van der Waals surface area contributed by atoms with Gasteiger partial charge in [0, 0.05) is 20.7 Å². The average Bonchev–Trinajstić information content (AvgIpc) is 2.29. The van der Waals surface area contributed by atoms with Crippen molar-refractivity contribution in [2.24, 2.45) is 0 Å². The third-order valence-electron chi connectivity index (χ3n) is 2.03. The van der Waals surface area contributed by atoms with Gasteiger partial charge in [0.25, 0.3) is 5.91 Å². The molecule has 1 amide bonds. The van der Waals surface area contributed by atoms with Gasteiger partial charge in [-0.1, -0.05) is 37.9 Å². The molecule has 0 unspecified atom stereocenters. The molecule has 1 aromatic carbocycles. The molecule has 0 aliphatic carbocycles. The number of amides is 1. The zero-order valence-corrected chi connectivity index (χ0v) is 11.8. The fraction of sp³-hybridized carbons (Fsp3) is 0. The Balaban J connectivity index is 2.20. The average molecular weight is 356 g/mol. The predicted molar refractivity (Wildman–Crippen MR) is 74.0 cm³/mol. The summed E-state index contributed by atoms with van der Waals surface area (Å²) in [6.45, 7) is 0. The number of nitrogens with zero attached hydrogens (tertiary/aromatic N) is 1. The van der Waals surface area contributed by atoms with Crippen LogP contribution in [0.3, 0.4) is 0 Å². The quantitative estimate of drug-likeness (QED) is 0.888. The Kier molecular flexibility index (Phi) is 3.91. The molecule has 5 heteroatoms. The number of aromatic nitrogens is 1. The van der Waals surface area contributed by atoms with Crippen LogP contribution in [0.4, 0.5) is 5.82 Å². The van der Waals surface area contributed by atoms with Gasteiger partial charge >= 0.3 is 0 Å². The molecule has 0 bridgehead atoms. The van der Waals surface area contributed by atoms with Crippen molar-refractivity contribution in [3.8, 4) is 0 Å². The molecule has 2 rings (SSSR count). The Morgan fingerprint density at radius 1 is 1.12 bits per heavy atom. The normalized spacial score (nSPS) is 10.0. The van der Waals surface area contributed by atoms with Crippen LogP contribution in [-0.2, 0) is 0 Å². The van der Waals surface area contributed by atoms with Crippen LogP contribution in [0.25, 0.3) is 0 Å². The first kappa shape index (κ1) is 12.3. The lowest BCUT2D eigenvalue weighted by atomic mass is 10.2. The molecule has 2 aromatic rings. The minimum Gasteiger partial charge on any atom is -0.307 e. The lowest BCUT2D eigenvalue weighted by Gasteiger charge is -2.05. The van der Waals surface area contributed by atoms with Crippen LogP contribution in [0.1, 0.15) is 10.4 Å². The Bertz CT molecular complexity index is 523. The van der Waals surface area contributed by atoms with Crippen molar-refractivity contribution in [1.29, 1.82) is 0 Å². The molecular formula is C12H8Br2N2O. The van der Waals surface area contributed by atoms with Crippen LogP contribution in [0, 0.1) is 0 Å². The second-order valence-electron chi connectivity index (χ2n) is 3.33. The van der Waals surface area contributed by atoms with E-state index in [1.165, 1.54) is 0 Å². The van der Waals surface area contributed by atoms with Gasteiger partial charge in [-0.05, 0) is 30.3 Å². The van der Waals surface area contributed by atoms with Crippen molar-refractivity contribution >= 4 is 43.6 Å². The second kappa shape index (κ2) is 5.42. The lowest BCUT2D eigenvalue weighted by Crippen LogP contribution is -2.12. The van der Waals surface area contributed by atoms with Gasteiger partial charge in [0.2, 0.25) is 0 Å². The molecule has 1 N–H and O–H groups in total. The Morgan fingerprint density at radius 3 is 2.41 bits per heavy atom. The number of nitrogens with one attached hydrogen (secondary N) is 1. The van der Waals surface area contributed by atoms with E-state index in [0.717, 1.165) is 8.95 Å². The number of hydrogen-bond acceptors (Lipinski definition) is 2. The molecule has 86 valence electrons. The first-order chi connectivity index (χ1) is 8.15. The highest BCUT2D eigenvalue weighted by Crippen LogP contribution is 2.20. The van der Waals surface area contributed by atoms with E-state index in [4.69, 9.17) is 0 Å². The van der Waals surface area contributed by atoms with Crippen LogP contribution in [0.2, 0.25) is 0 Å². The monoisotopic (exact) mass is 354 g/mol. The summed E-state index contributed by atoms with van der Waals surface area (Å²) < 4.78 is 1.69. The van der Waals surface area contributed by atoms with Crippen molar-refractivity contribution in [3.05, 3.63) is 57.1 Å². The summed E-state index contributed by atoms with van der Waals surface area (Å²) >= 11 is 6.68. The van der Waals surface area contributed by atoms with Crippen LogP contribution >= 0.6 is 31.9 Å². The smallest absolute Gasteiger partial charge is 0.256 e. The highest BCUT2D eigenvalue weighted by Gasteiger charge is 2.08. The van der Waals surface area contributed by atoms with Gasteiger partial charge < -0.3 is 5.32 Å².